The van der Waals surface area contributed by atoms with Gasteiger partial charge in [-0.1, -0.05) is 13.3 Å². The molecule has 170 valence electrons. The van der Waals surface area contributed by atoms with Gasteiger partial charge in [-0.2, -0.15) is 0 Å². The Bertz CT molecular complexity index is 469. The van der Waals surface area contributed by atoms with E-state index >= 15 is 0 Å². The number of alkyl halides is 3. The van der Waals surface area contributed by atoms with Crippen LogP contribution in [0.1, 0.15) is 71.1 Å². The monoisotopic (exact) mass is 466 g/mol. The van der Waals surface area contributed by atoms with Crippen LogP contribution in [-0.4, -0.2) is 58.9 Å². The normalized spacial score (nSPS) is 37.8. The molecule has 6 atom stereocenters. The van der Waals surface area contributed by atoms with Crippen molar-refractivity contribution in [3.8, 4) is 0 Å². The highest BCUT2D eigenvalue weighted by atomic mass is 35.5. The van der Waals surface area contributed by atoms with E-state index in [1.54, 1.807) is 0 Å². The van der Waals surface area contributed by atoms with Crippen LogP contribution in [0.2, 0.25) is 0 Å². The Morgan fingerprint density at radius 2 is 1.59 bits per heavy atom. The number of hydrazine groups is 1. The van der Waals surface area contributed by atoms with Gasteiger partial charge in [0.05, 0.1) is 5.38 Å². The molecule has 3 fully saturated rings. The standard InChI is InChI=1S/C22H41Cl3N4/c1-15(20(26)14-27-29-11-3-2-4-12-29)22(16-5-7-17(23)8-6-16)28-21-10-9-18(24)13-19(21)25/h15-22,27-28H,2-14,26H2,1H3. The highest BCUT2D eigenvalue weighted by molar-refractivity contribution is 6.24. The Kier molecular flexibility index (Phi) is 10.1. The topological polar surface area (TPSA) is 53.3 Å². The minimum absolute atomic E-state index is 0.105. The highest BCUT2D eigenvalue weighted by Crippen LogP contribution is 2.35. The lowest BCUT2D eigenvalue weighted by Gasteiger charge is -2.43. The van der Waals surface area contributed by atoms with Gasteiger partial charge < -0.3 is 11.1 Å². The van der Waals surface area contributed by atoms with Crippen molar-refractivity contribution in [1.82, 2.24) is 15.8 Å². The van der Waals surface area contributed by atoms with E-state index in [4.69, 9.17) is 40.5 Å². The molecule has 0 aromatic rings. The Balaban J connectivity index is 1.59. The largest absolute Gasteiger partial charge is 0.326 e. The quantitative estimate of drug-likeness (QED) is 0.461. The second-order valence-corrected chi connectivity index (χ2v) is 11.5. The molecule has 29 heavy (non-hydrogen) atoms. The first-order chi connectivity index (χ1) is 13.9. The van der Waals surface area contributed by atoms with Crippen molar-refractivity contribution in [2.75, 3.05) is 19.6 Å². The summed E-state index contributed by atoms with van der Waals surface area (Å²) in [5.74, 6) is 1.00. The van der Waals surface area contributed by atoms with Gasteiger partial charge in [-0.05, 0) is 69.6 Å². The van der Waals surface area contributed by atoms with Crippen molar-refractivity contribution in [2.45, 2.75) is 105 Å². The van der Waals surface area contributed by atoms with Gasteiger partial charge in [-0.25, -0.2) is 5.01 Å². The Labute approximate surface area is 192 Å². The van der Waals surface area contributed by atoms with Crippen LogP contribution in [0.25, 0.3) is 0 Å². The Morgan fingerprint density at radius 1 is 0.931 bits per heavy atom. The molecule has 4 nitrogen and oxygen atoms in total. The van der Waals surface area contributed by atoms with E-state index in [0.717, 1.165) is 51.7 Å². The number of rotatable bonds is 8. The molecule has 0 radical (unpaired) electrons. The average Bonchev–Trinajstić information content (AvgIpc) is 2.72. The lowest BCUT2D eigenvalue weighted by molar-refractivity contribution is 0.129. The maximum absolute atomic E-state index is 6.72. The molecule has 2 saturated carbocycles. The Morgan fingerprint density at radius 3 is 2.24 bits per heavy atom. The van der Waals surface area contributed by atoms with E-state index in [1.165, 1.54) is 32.1 Å². The van der Waals surface area contributed by atoms with E-state index in [2.05, 4.69) is 22.7 Å². The van der Waals surface area contributed by atoms with Crippen molar-refractivity contribution < 1.29 is 0 Å². The first-order valence-corrected chi connectivity index (χ1v) is 13.2. The number of nitrogens with two attached hydrogens (primary N) is 1. The van der Waals surface area contributed by atoms with Crippen LogP contribution in [-0.2, 0) is 0 Å². The zero-order chi connectivity index (χ0) is 20.8. The summed E-state index contributed by atoms with van der Waals surface area (Å²) >= 11 is 19.5. The van der Waals surface area contributed by atoms with Crippen LogP contribution in [0.3, 0.4) is 0 Å². The summed E-state index contributed by atoms with van der Waals surface area (Å²) in [7, 11) is 0. The van der Waals surface area contributed by atoms with Gasteiger partial charge in [-0.15, -0.1) is 34.8 Å². The fourth-order valence-corrected chi connectivity index (χ4v) is 6.47. The molecule has 4 N–H and O–H groups in total. The molecule has 7 heteroatoms. The second kappa shape index (κ2) is 12.1. The minimum Gasteiger partial charge on any atom is -0.326 e. The first kappa shape index (κ1) is 24.4. The summed E-state index contributed by atoms with van der Waals surface area (Å²) in [5.41, 5.74) is 10.3. The van der Waals surface area contributed by atoms with Crippen LogP contribution in [0.15, 0.2) is 0 Å². The van der Waals surface area contributed by atoms with Crippen molar-refractivity contribution in [3.63, 3.8) is 0 Å². The van der Waals surface area contributed by atoms with Gasteiger partial charge in [0.1, 0.15) is 0 Å². The van der Waals surface area contributed by atoms with Gasteiger partial charge >= 0.3 is 0 Å². The van der Waals surface area contributed by atoms with Crippen LogP contribution in [0.4, 0.5) is 0 Å². The van der Waals surface area contributed by atoms with Crippen molar-refractivity contribution >= 4 is 34.8 Å². The van der Waals surface area contributed by atoms with E-state index < -0.39 is 0 Å². The van der Waals surface area contributed by atoms with E-state index in [-0.39, 0.29) is 16.8 Å². The number of hydrogen-bond donors (Lipinski definition) is 3. The third-order valence-corrected chi connectivity index (χ3v) is 8.79. The SMILES string of the molecule is CC(C(N)CNN1CCCCC1)C(NC1CCC(Cl)CC1Cl)C1CCC(Cl)CC1. The van der Waals surface area contributed by atoms with Crippen molar-refractivity contribution in [3.05, 3.63) is 0 Å². The third-order valence-electron chi connectivity index (χ3n) is 7.47. The maximum Gasteiger partial charge on any atom is 0.0503 e. The Hall–Kier alpha value is 0.710. The molecular formula is C22H41Cl3N4. The van der Waals surface area contributed by atoms with Gasteiger partial charge in [0.15, 0.2) is 0 Å². The molecule has 0 spiro atoms. The van der Waals surface area contributed by atoms with Crippen LogP contribution in [0, 0.1) is 11.8 Å². The molecule has 0 aromatic carbocycles. The lowest BCUT2D eigenvalue weighted by atomic mass is 9.76. The molecular weight excluding hydrogens is 427 g/mol. The van der Waals surface area contributed by atoms with E-state index in [1.807, 2.05) is 0 Å². The fourth-order valence-electron chi connectivity index (χ4n) is 5.40. The number of hydrogen-bond acceptors (Lipinski definition) is 4. The van der Waals surface area contributed by atoms with Gasteiger partial charge in [0.2, 0.25) is 0 Å². The molecule has 3 rings (SSSR count). The molecule has 0 bridgehead atoms. The highest BCUT2D eigenvalue weighted by Gasteiger charge is 2.37. The maximum atomic E-state index is 6.72. The van der Waals surface area contributed by atoms with Crippen LogP contribution >= 0.6 is 34.8 Å². The van der Waals surface area contributed by atoms with Crippen LogP contribution in [0.5, 0.6) is 0 Å². The third kappa shape index (κ3) is 7.37. The molecule has 2 aliphatic carbocycles. The molecule has 3 aliphatic rings. The average molecular weight is 468 g/mol. The molecule has 1 heterocycles. The van der Waals surface area contributed by atoms with E-state index in [9.17, 15) is 0 Å². The zero-order valence-corrected chi connectivity index (χ0v) is 20.2. The second-order valence-electron chi connectivity index (χ2n) is 9.67. The van der Waals surface area contributed by atoms with Gasteiger partial charge in [0, 0.05) is 48.5 Å². The first-order valence-electron chi connectivity index (χ1n) is 11.9. The summed E-state index contributed by atoms with van der Waals surface area (Å²) in [4.78, 5) is 0. The fraction of sp³-hybridized carbons (Fsp3) is 1.00. The number of nitrogens with one attached hydrogen (secondary N) is 2. The smallest absolute Gasteiger partial charge is 0.0503 e. The van der Waals surface area contributed by atoms with Gasteiger partial charge in [-0.3, -0.25) is 5.43 Å². The van der Waals surface area contributed by atoms with E-state index in [0.29, 0.717) is 29.3 Å². The number of halogens is 3. The molecule has 6 unspecified atom stereocenters. The summed E-state index contributed by atoms with van der Waals surface area (Å²) < 4.78 is 0. The predicted octanol–water partition coefficient (Wildman–Crippen LogP) is 4.46. The number of nitrogens with zero attached hydrogens (tertiary/aromatic N) is 1. The summed E-state index contributed by atoms with van der Waals surface area (Å²) in [5, 5.41) is 6.99. The molecule has 0 amide bonds. The predicted molar refractivity (Wildman–Crippen MR) is 126 cm³/mol. The minimum atomic E-state index is 0.105. The molecule has 1 saturated heterocycles. The van der Waals surface area contributed by atoms with Crippen molar-refractivity contribution in [2.24, 2.45) is 17.6 Å². The summed E-state index contributed by atoms with van der Waals surface area (Å²) in [6.45, 7) is 5.43. The van der Waals surface area contributed by atoms with Crippen molar-refractivity contribution in [1.29, 1.82) is 0 Å². The number of piperidine rings is 1. The van der Waals surface area contributed by atoms with Crippen LogP contribution < -0.4 is 16.5 Å². The zero-order valence-electron chi connectivity index (χ0n) is 18.0. The molecule has 1 aliphatic heterocycles. The summed E-state index contributed by atoms with van der Waals surface area (Å²) in [6, 6.07) is 0.826. The van der Waals surface area contributed by atoms with Gasteiger partial charge in [0.25, 0.3) is 0 Å². The lowest BCUT2D eigenvalue weighted by Crippen LogP contribution is -2.57. The molecule has 0 aromatic heterocycles. The summed E-state index contributed by atoms with van der Waals surface area (Å²) in [6.07, 6.45) is 11.5.